The van der Waals surface area contributed by atoms with Gasteiger partial charge in [0.15, 0.2) is 5.69 Å². The summed E-state index contributed by atoms with van der Waals surface area (Å²) in [4.78, 5) is 21.1. The Balaban J connectivity index is 1.74. The van der Waals surface area contributed by atoms with Gasteiger partial charge in [-0.1, -0.05) is 13.3 Å². The van der Waals surface area contributed by atoms with E-state index in [1.165, 1.54) is 44.7 Å². The predicted molar refractivity (Wildman–Crippen MR) is 76.9 cm³/mol. The van der Waals surface area contributed by atoms with Crippen molar-refractivity contribution in [1.82, 2.24) is 14.9 Å². The molecule has 2 N–H and O–H groups in total. The highest BCUT2D eigenvalue weighted by Crippen LogP contribution is 2.11. The van der Waals surface area contributed by atoms with Gasteiger partial charge in [0, 0.05) is 13.1 Å². The summed E-state index contributed by atoms with van der Waals surface area (Å²) >= 11 is 0. The lowest BCUT2D eigenvalue weighted by Crippen LogP contribution is -2.35. The lowest BCUT2D eigenvalue weighted by atomic mass is 10.1. The first-order chi connectivity index (χ1) is 9.65. The van der Waals surface area contributed by atoms with E-state index in [0.29, 0.717) is 11.7 Å². The second-order valence-electron chi connectivity index (χ2n) is 5.44. The Morgan fingerprint density at radius 2 is 2.10 bits per heavy atom. The molecule has 0 aliphatic carbocycles. The number of aromatic carboxylic acids is 1. The molecule has 1 unspecified atom stereocenters. The van der Waals surface area contributed by atoms with Gasteiger partial charge in [0.25, 0.3) is 0 Å². The first kappa shape index (κ1) is 14.7. The molecule has 20 heavy (non-hydrogen) atoms. The van der Waals surface area contributed by atoms with Crippen LogP contribution in [0.3, 0.4) is 0 Å². The van der Waals surface area contributed by atoms with Gasteiger partial charge in [-0.25, -0.2) is 14.8 Å². The van der Waals surface area contributed by atoms with Crippen molar-refractivity contribution in [2.75, 3.05) is 31.5 Å². The monoisotopic (exact) mass is 278 g/mol. The fourth-order valence-electron chi connectivity index (χ4n) is 2.46. The molecule has 1 aliphatic heterocycles. The van der Waals surface area contributed by atoms with Crippen LogP contribution in [0.1, 0.15) is 36.7 Å². The zero-order valence-electron chi connectivity index (χ0n) is 11.9. The molecule has 0 radical (unpaired) electrons. The maximum absolute atomic E-state index is 10.7. The average Bonchev–Trinajstić information content (AvgIpc) is 2.46. The molecule has 1 fully saturated rings. The molecule has 6 nitrogen and oxygen atoms in total. The highest BCUT2D eigenvalue weighted by Gasteiger charge is 2.13. The van der Waals surface area contributed by atoms with Gasteiger partial charge in [0.1, 0.15) is 5.82 Å². The van der Waals surface area contributed by atoms with Crippen molar-refractivity contribution in [2.24, 2.45) is 5.92 Å². The number of nitrogens with one attached hydrogen (secondary N) is 1. The van der Waals surface area contributed by atoms with Crippen LogP contribution >= 0.6 is 0 Å². The normalized spacial score (nSPS) is 17.6. The number of hydrogen-bond donors (Lipinski definition) is 2. The molecule has 1 aromatic heterocycles. The Kier molecular flexibility index (Phi) is 5.29. The lowest BCUT2D eigenvalue weighted by molar-refractivity contribution is 0.0690. The molecule has 6 heteroatoms. The van der Waals surface area contributed by atoms with E-state index in [0.717, 1.165) is 13.1 Å². The molecule has 2 rings (SSSR count). The Labute approximate surface area is 119 Å². The van der Waals surface area contributed by atoms with E-state index in [9.17, 15) is 4.79 Å². The molecule has 1 aliphatic rings. The van der Waals surface area contributed by atoms with Crippen molar-refractivity contribution >= 4 is 11.8 Å². The van der Waals surface area contributed by atoms with Gasteiger partial charge in [-0.15, -0.1) is 0 Å². The number of likely N-dealkylation sites (tertiary alicyclic amines) is 1. The SMILES string of the molecule is CC(CNc1cnc(C(=O)O)cn1)CN1CCCCC1. The quantitative estimate of drug-likeness (QED) is 0.824. The largest absolute Gasteiger partial charge is 0.476 e. The molecule has 2 heterocycles. The molecule has 0 aromatic carbocycles. The number of piperidine rings is 1. The number of carboxylic acid groups (broad SMARTS) is 1. The summed E-state index contributed by atoms with van der Waals surface area (Å²) in [6.07, 6.45) is 6.72. The Hall–Kier alpha value is -1.69. The maximum Gasteiger partial charge on any atom is 0.356 e. The molecule has 110 valence electrons. The molecular weight excluding hydrogens is 256 g/mol. The van der Waals surface area contributed by atoms with E-state index in [1.807, 2.05) is 0 Å². The molecule has 0 bridgehead atoms. The van der Waals surface area contributed by atoms with E-state index >= 15 is 0 Å². The maximum atomic E-state index is 10.7. The fraction of sp³-hybridized carbons (Fsp3) is 0.643. The van der Waals surface area contributed by atoms with Crippen molar-refractivity contribution in [2.45, 2.75) is 26.2 Å². The van der Waals surface area contributed by atoms with Crippen LogP contribution in [0.2, 0.25) is 0 Å². The van der Waals surface area contributed by atoms with Gasteiger partial charge in [-0.05, 0) is 31.8 Å². The van der Waals surface area contributed by atoms with Crippen LogP contribution in [-0.4, -0.2) is 52.1 Å². The number of nitrogens with zero attached hydrogens (tertiary/aromatic N) is 3. The Bertz CT molecular complexity index is 429. The smallest absolute Gasteiger partial charge is 0.356 e. The highest BCUT2D eigenvalue weighted by molar-refractivity contribution is 5.84. The summed E-state index contributed by atoms with van der Waals surface area (Å²) in [6, 6.07) is 0. The second kappa shape index (κ2) is 7.19. The van der Waals surface area contributed by atoms with Crippen LogP contribution in [0.25, 0.3) is 0 Å². The number of anilines is 1. The lowest BCUT2D eigenvalue weighted by Gasteiger charge is -2.29. The zero-order valence-corrected chi connectivity index (χ0v) is 11.9. The molecule has 1 aromatic rings. The second-order valence-corrected chi connectivity index (χ2v) is 5.44. The molecular formula is C14H22N4O2. The summed E-state index contributed by atoms with van der Waals surface area (Å²) in [5.74, 6) is 0.0945. The molecule has 0 spiro atoms. The van der Waals surface area contributed by atoms with Crippen LogP contribution in [0.4, 0.5) is 5.82 Å². The molecule has 1 saturated heterocycles. The van der Waals surface area contributed by atoms with Crippen LogP contribution in [0, 0.1) is 5.92 Å². The van der Waals surface area contributed by atoms with E-state index in [-0.39, 0.29) is 5.69 Å². The van der Waals surface area contributed by atoms with Crippen molar-refractivity contribution < 1.29 is 9.90 Å². The minimum atomic E-state index is -1.05. The first-order valence-corrected chi connectivity index (χ1v) is 7.16. The zero-order chi connectivity index (χ0) is 14.4. The Morgan fingerprint density at radius 3 is 2.70 bits per heavy atom. The van der Waals surface area contributed by atoms with Gasteiger partial charge >= 0.3 is 5.97 Å². The fourth-order valence-corrected chi connectivity index (χ4v) is 2.46. The van der Waals surface area contributed by atoms with Crippen molar-refractivity contribution in [3.8, 4) is 0 Å². The highest BCUT2D eigenvalue weighted by atomic mass is 16.4. The summed E-state index contributed by atoms with van der Waals surface area (Å²) < 4.78 is 0. The van der Waals surface area contributed by atoms with Crippen LogP contribution < -0.4 is 5.32 Å². The van der Waals surface area contributed by atoms with Gasteiger partial charge in [0.2, 0.25) is 0 Å². The van der Waals surface area contributed by atoms with E-state index in [4.69, 9.17) is 5.11 Å². The number of carbonyl (C=O) groups is 1. The van der Waals surface area contributed by atoms with Gasteiger partial charge in [-0.3, -0.25) is 0 Å². The number of carboxylic acids is 1. The first-order valence-electron chi connectivity index (χ1n) is 7.16. The number of hydrogen-bond acceptors (Lipinski definition) is 5. The van der Waals surface area contributed by atoms with Gasteiger partial charge in [0.05, 0.1) is 12.4 Å². The third-order valence-electron chi connectivity index (χ3n) is 3.52. The third-order valence-corrected chi connectivity index (χ3v) is 3.52. The van der Waals surface area contributed by atoms with Crippen LogP contribution in [0.5, 0.6) is 0 Å². The van der Waals surface area contributed by atoms with Crippen molar-refractivity contribution in [1.29, 1.82) is 0 Å². The van der Waals surface area contributed by atoms with Gasteiger partial charge in [-0.2, -0.15) is 0 Å². The standard InChI is InChI=1S/C14H22N4O2/c1-11(10-18-5-3-2-4-6-18)7-16-13-9-15-12(8-17-13)14(19)20/h8-9,11H,2-7,10H2,1H3,(H,16,17)(H,19,20). The van der Waals surface area contributed by atoms with Crippen molar-refractivity contribution in [3.63, 3.8) is 0 Å². The van der Waals surface area contributed by atoms with Crippen LogP contribution in [-0.2, 0) is 0 Å². The predicted octanol–water partition coefficient (Wildman–Crippen LogP) is 1.71. The summed E-state index contributed by atoms with van der Waals surface area (Å²) in [5.41, 5.74) is -0.0306. The van der Waals surface area contributed by atoms with E-state index in [1.54, 1.807) is 0 Å². The minimum absolute atomic E-state index is 0.0306. The minimum Gasteiger partial charge on any atom is -0.476 e. The third kappa shape index (κ3) is 4.45. The molecule has 1 atom stereocenters. The summed E-state index contributed by atoms with van der Waals surface area (Å²) in [6.45, 7) is 6.53. The van der Waals surface area contributed by atoms with E-state index < -0.39 is 5.97 Å². The molecule has 0 saturated carbocycles. The van der Waals surface area contributed by atoms with Crippen LogP contribution in [0.15, 0.2) is 12.4 Å². The Morgan fingerprint density at radius 1 is 1.35 bits per heavy atom. The van der Waals surface area contributed by atoms with E-state index in [2.05, 4.69) is 27.1 Å². The number of rotatable bonds is 6. The number of aromatic nitrogens is 2. The van der Waals surface area contributed by atoms with Gasteiger partial charge < -0.3 is 15.3 Å². The van der Waals surface area contributed by atoms with Crippen molar-refractivity contribution in [3.05, 3.63) is 18.1 Å². The summed E-state index contributed by atoms with van der Waals surface area (Å²) in [7, 11) is 0. The average molecular weight is 278 g/mol. The topological polar surface area (TPSA) is 78.3 Å². The summed E-state index contributed by atoms with van der Waals surface area (Å²) in [5, 5.41) is 12.0. The molecule has 0 amide bonds.